The summed E-state index contributed by atoms with van der Waals surface area (Å²) in [6.07, 6.45) is 5.18. The van der Waals surface area contributed by atoms with Crippen molar-refractivity contribution < 1.29 is 19.0 Å². The fraction of sp³-hybridized carbons (Fsp3) is 0.438. The number of para-hydroxylation sites is 1. The molecule has 0 bridgehead atoms. The van der Waals surface area contributed by atoms with Crippen molar-refractivity contribution in [3.8, 4) is 11.5 Å². The largest absolute Gasteiger partial charge is 0.493 e. The Morgan fingerprint density at radius 1 is 1.38 bits per heavy atom. The van der Waals surface area contributed by atoms with E-state index < -0.39 is 5.97 Å². The molecular weight excluding hydrogens is 270 g/mol. The topological polar surface area (TPSA) is 48.0 Å². The smallest absolute Gasteiger partial charge is 0.330 e. The van der Waals surface area contributed by atoms with Crippen LogP contribution in [0.3, 0.4) is 0 Å². The molecule has 2 rings (SSSR count). The monoisotopic (exact) mass is 291 g/mol. The van der Waals surface area contributed by atoms with Gasteiger partial charge in [0.1, 0.15) is 0 Å². The third-order valence-electron chi connectivity index (χ3n) is 3.54. The van der Waals surface area contributed by atoms with E-state index in [9.17, 15) is 4.79 Å². The molecule has 0 saturated carbocycles. The Hall–Kier alpha value is -2.01. The predicted octanol–water partition coefficient (Wildman–Crippen LogP) is 2.31. The Morgan fingerprint density at radius 2 is 2.19 bits per heavy atom. The van der Waals surface area contributed by atoms with Gasteiger partial charge in [0.25, 0.3) is 0 Å². The van der Waals surface area contributed by atoms with Gasteiger partial charge in [-0.3, -0.25) is 4.90 Å². The molecule has 21 heavy (non-hydrogen) atoms. The van der Waals surface area contributed by atoms with Crippen LogP contribution in [0.15, 0.2) is 24.3 Å². The molecule has 0 aromatic heterocycles. The first-order valence-corrected chi connectivity index (χ1v) is 6.95. The van der Waals surface area contributed by atoms with Gasteiger partial charge in [0.2, 0.25) is 0 Å². The molecule has 5 nitrogen and oxygen atoms in total. The summed E-state index contributed by atoms with van der Waals surface area (Å²) >= 11 is 0. The second kappa shape index (κ2) is 7.13. The summed E-state index contributed by atoms with van der Waals surface area (Å²) in [6.45, 7) is 1.02. The van der Waals surface area contributed by atoms with E-state index in [0.29, 0.717) is 11.5 Å². The number of ether oxygens (including phenoxy) is 3. The second-order valence-corrected chi connectivity index (χ2v) is 4.93. The first-order valence-electron chi connectivity index (χ1n) is 6.95. The number of carbonyl (C=O) groups excluding carboxylic acids is 1. The molecule has 0 amide bonds. The molecule has 1 fully saturated rings. The van der Waals surface area contributed by atoms with Crippen LogP contribution in [-0.2, 0) is 9.53 Å². The number of likely N-dealkylation sites (tertiary alicyclic amines) is 1. The lowest BCUT2D eigenvalue weighted by Gasteiger charge is -2.23. The van der Waals surface area contributed by atoms with Crippen molar-refractivity contribution in [3.63, 3.8) is 0 Å². The molecule has 1 unspecified atom stereocenters. The van der Waals surface area contributed by atoms with Gasteiger partial charge < -0.3 is 14.2 Å². The SMILES string of the molecule is COC(=O)/C=C/c1cccc(OC)c1OC1CCCN1C. The highest BCUT2D eigenvalue weighted by Crippen LogP contribution is 2.34. The molecule has 1 saturated heterocycles. The molecular formula is C16H21NO4. The summed E-state index contributed by atoms with van der Waals surface area (Å²) < 4.78 is 16.1. The summed E-state index contributed by atoms with van der Waals surface area (Å²) in [5.74, 6) is 0.906. The van der Waals surface area contributed by atoms with Crippen LogP contribution in [0.1, 0.15) is 18.4 Å². The summed E-state index contributed by atoms with van der Waals surface area (Å²) in [6, 6.07) is 5.59. The minimum atomic E-state index is -0.401. The van der Waals surface area contributed by atoms with Crippen molar-refractivity contribution in [3.05, 3.63) is 29.8 Å². The highest BCUT2D eigenvalue weighted by atomic mass is 16.5. The maximum atomic E-state index is 11.3. The van der Waals surface area contributed by atoms with Gasteiger partial charge in [-0.25, -0.2) is 4.79 Å². The number of carbonyl (C=O) groups is 1. The maximum absolute atomic E-state index is 11.3. The van der Waals surface area contributed by atoms with Gasteiger partial charge in [0.05, 0.1) is 14.2 Å². The molecule has 0 aliphatic carbocycles. The van der Waals surface area contributed by atoms with Crippen molar-refractivity contribution >= 4 is 12.0 Å². The molecule has 1 aliphatic heterocycles. The average molecular weight is 291 g/mol. The lowest BCUT2D eigenvalue weighted by Crippen LogP contribution is -2.30. The van der Waals surface area contributed by atoms with Crippen LogP contribution >= 0.6 is 0 Å². The predicted molar refractivity (Wildman–Crippen MR) is 80.3 cm³/mol. The van der Waals surface area contributed by atoms with Crippen molar-refractivity contribution in [1.29, 1.82) is 0 Å². The molecule has 5 heteroatoms. The summed E-state index contributed by atoms with van der Waals surface area (Å²) in [7, 11) is 4.99. The normalized spacial score (nSPS) is 18.9. The summed E-state index contributed by atoms with van der Waals surface area (Å²) in [5, 5.41) is 0. The molecule has 1 aromatic rings. The van der Waals surface area contributed by atoms with Gasteiger partial charge >= 0.3 is 5.97 Å². The highest BCUT2D eigenvalue weighted by Gasteiger charge is 2.24. The van der Waals surface area contributed by atoms with Crippen LogP contribution in [0.2, 0.25) is 0 Å². The standard InChI is InChI=1S/C16H21NO4/c1-17-11-5-8-14(17)21-16-12(9-10-15(18)20-3)6-4-7-13(16)19-2/h4,6-7,9-10,14H,5,8,11H2,1-3H3/b10-9+. The molecule has 1 aliphatic rings. The van der Waals surface area contributed by atoms with E-state index >= 15 is 0 Å². The molecule has 0 N–H and O–H groups in total. The van der Waals surface area contributed by atoms with Crippen molar-refractivity contribution in [1.82, 2.24) is 4.90 Å². The van der Waals surface area contributed by atoms with Gasteiger partial charge in [-0.05, 0) is 32.0 Å². The van der Waals surface area contributed by atoms with E-state index in [1.807, 2.05) is 25.2 Å². The van der Waals surface area contributed by atoms with E-state index in [1.54, 1.807) is 13.2 Å². The van der Waals surface area contributed by atoms with Crippen LogP contribution in [0.5, 0.6) is 11.5 Å². The zero-order valence-electron chi connectivity index (χ0n) is 12.7. The lowest BCUT2D eigenvalue weighted by atomic mass is 10.1. The minimum absolute atomic E-state index is 0.0339. The minimum Gasteiger partial charge on any atom is -0.493 e. The van der Waals surface area contributed by atoms with Crippen LogP contribution < -0.4 is 9.47 Å². The van der Waals surface area contributed by atoms with Crippen molar-refractivity contribution in [2.75, 3.05) is 27.8 Å². The number of nitrogens with zero attached hydrogens (tertiary/aromatic N) is 1. The molecule has 0 radical (unpaired) electrons. The van der Waals surface area contributed by atoms with Crippen LogP contribution in [0.4, 0.5) is 0 Å². The summed E-state index contributed by atoms with van der Waals surface area (Å²) in [4.78, 5) is 13.4. The molecule has 1 atom stereocenters. The quantitative estimate of drug-likeness (QED) is 0.615. The zero-order chi connectivity index (χ0) is 15.2. The van der Waals surface area contributed by atoms with Crippen molar-refractivity contribution in [2.24, 2.45) is 0 Å². The summed E-state index contributed by atoms with van der Waals surface area (Å²) in [5.41, 5.74) is 0.792. The molecule has 1 heterocycles. The van der Waals surface area contributed by atoms with Gasteiger partial charge in [0, 0.05) is 18.2 Å². The molecule has 114 valence electrons. The van der Waals surface area contributed by atoms with Gasteiger partial charge in [-0.1, -0.05) is 12.1 Å². The Kier molecular flexibility index (Phi) is 5.22. The first kappa shape index (κ1) is 15.4. The van der Waals surface area contributed by atoms with E-state index in [2.05, 4.69) is 9.64 Å². The third-order valence-corrected chi connectivity index (χ3v) is 3.54. The van der Waals surface area contributed by atoms with Crippen LogP contribution in [0.25, 0.3) is 6.08 Å². The average Bonchev–Trinajstić information content (AvgIpc) is 2.90. The first-order chi connectivity index (χ1) is 10.2. The number of benzene rings is 1. The third kappa shape index (κ3) is 3.76. The Labute approximate surface area is 125 Å². The van der Waals surface area contributed by atoms with Crippen LogP contribution in [0, 0.1) is 0 Å². The number of esters is 1. The Balaban J connectivity index is 2.27. The zero-order valence-corrected chi connectivity index (χ0v) is 12.7. The van der Waals surface area contributed by atoms with E-state index in [4.69, 9.17) is 9.47 Å². The number of hydrogen-bond donors (Lipinski definition) is 0. The maximum Gasteiger partial charge on any atom is 0.330 e. The van der Waals surface area contributed by atoms with Gasteiger partial charge in [-0.2, -0.15) is 0 Å². The number of hydrogen-bond acceptors (Lipinski definition) is 5. The van der Waals surface area contributed by atoms with E-state index in [-0.39, 0.29) is 6.23 Å². The fourth-order valence-corrected chi connectivity index (χ4v) is 2.34. The fourth-order valence-electron chi connectivity index (χ4n) is 2.34. The van der Waals surface area contributed by atoms with Gasteiger partial charge in [0.15, 0.2) is 17.7 Å². The Morgan fingerprint density at radius 3 is 2.81 bits per heavy atom. The second-order valence-electron chi connectivity index (χ2n) is 4.93. The van der Waals surface area contributed by atoms with Gasteiger partial charge in [-0.15, -0.1) is 0 Å². The molecule has 0 spiro atoms. The Bertz CT molecular complexity index is 527. The van der Waals surface area contributed by atoms with Crippen LogP contribution in [-0.4, -0.2) is 44.9 Å². The van der Waals surface area contributed by atoms with Crippen molar-refractivity contribution in [2.45, 2.75) is 19.1 Å². The lowest BCUT2D eigenvalue weighted by molar-refractivity contribution is -0.134. The number of methoxy groups -OCH3 is 2. The van der Waals surface area contributed by atoms with E-state index in [1.165, 1.54) is 13.2 Å². The molecule has 1 aromatic carbocycles. The van der Waals surface area contributed by atoms with E-state index in [0.717, 1.165) is 24.9 Å². The highest BCUT2D eigenvalue weighted by molar-refractivity contribution is 5.87. The number of rotatable bonds is 5.